The number of hydrogen-bond donors (Lipinski definition) is 1. The van der Waals surface area contributed by atoms with E-state index < -0.39 is 10.0 Å². The van der Waals surface area contributed by atoms with Crippen LogP contribution in [0.1, 0.15) is 11.1 Å². The quantitative estimate of drug-likeness (QED) is 0.454. The normalized spacial score (nSPS) is 11.4. The van der Waals surface area contributed by atoms with Gasteiger partial charge in [0.05, 0.1) is 11.4 Å². The highest BCUT2D eigenvalue weighted by Gasteiger charge is 2.23. The highest BCUT2D eigenvalue weighted by atomic mass is 32.2. The Bertz CT molecular complexity index is 982. The molecule has 0 heterocycles. The molecule has 0 aliphatic carbocycles. The van der Waals surface area contributed by atoms with Gasteiger partial charge in [-0.3, -0.25) is 5.41 Å². The number of rotatable bonds is 8. The van der Waals surface area contributed by atoms with Crippen LogP contribution in [0.5, 0.6) is 0 Å². The van der Waals surface area contributed by atoms with Gasteiger partial charge in [-0.05, 0) is 23.3 Å². The Labute approximate surface area is 172 Å². The monoisotopic (exact) mass is 407 g/mol. The van der Waals surface area contributed by atoms with Gasteiger partial charge in [0, 0.05) is 20.1 Å². The molecule has 0 spiro atoms. The van der Waals surface area contributed by atoms with Gasteiger partial charge in [0.1, 0.15) is 5.84 Å². The molecule has 0 saturated heterocycles. The molecule has 6 heteroatoms. The molecule has 0 bridgehead atoms. The molecule has 29 heavy (non-hydrogen) atoms. The molecule has 0 atom stereocenters. The van der Waals surface area contributed by atoms with Gasteiger partial charge in [-0.1, -0.05) is 78.9 Å². The third-order valence-electron chi connectivity index (χ3n) is 4.64. The molecule has 0 aromatic heterocycles. The van der Waals surface area contributed by atoms with Crippen molar-refractivity contribution in [2.75, 3.05) is 13.6 Å². The smallest absolute Gasteiger partial charge is 0.243 e. The first-order valence-corrected chi connectivity index (χ1v) is 10.8. The van der Waals surface area contributed by atoms with E-state index in [1.165, 1.54) is 11.4 Å². The minimum atomic E-state index is -3.65. The van der Waals surface area contributed by atoms with E-state index in [1.54, 1.807) is 30.3 Å². The van der Waals surface area contributed by atoms with Crippen LogP contribution in [0.4, 0.5) is 0 Å². The van der Waals surface area contributed by atoms with Crippen molar-refractivity contribution < 1.29 is 8.42 Å². The van der Waals surface area contributed by atoms with Crippen LogP contribution in [0.3, 0.4) is 0 Å². The Morgan fingerprint density at radius 3 is 1.62 bits per heavy atom. The second-order valence-corrected chi connectivity index (χ2v) is 8.89. The molecule has 150 valence electrons. The van der Waals surface area contributed by atoms with Crippen LogP contribution >= 0.6 is 0 Å². The van der Waals surface area contributed by atoms with Gasteiger partial charge in [0.15, 0.2) is 0 Å². The standard InChI is InChI=1S/C23H25N3O2S/c1-25(29(27,28)22-15-9-4-10-16-22)19-23(24)26(17-20-11-5-2-6-12-20)18-21-13-7-3-8-14-21/h2-16,24H,17-19H2,1H3. The number of likely N-dealkylation sites (N-methyl/N-ethyl adjacent to an activating group) is 1. The maximum Gasteiger partial charge on any atom is 0.243 e. The molecule has 0 saturated carbocycles. The summed E-state index contributed by atoms with van der Waals surface area (Å²) in [4.78, 5) is 2.13. The molecule has 5 nitrogen and oxygen atoms in total. The molecular weight excluding hydrogens is 382 g/mol. The zero-order chi connectivity index (χ0) is 20.7. The molecular formula is C23H25N3O2S. The lowest BCUT2D eigenvalue weighted by Crippen LogP contribution is -2.40. The summed E-state index contributed by atoms with van der Waals surface area (Å²) in [6, 6.07) is 28.1. The van der Waals surface area contributed by atoms with Crippen molar-refractivity contribution in [1.29, 1.82) is 5.41 Å². The second-order valence-electron chi connectivity index (χ2n) is 6.85. The summed E-state index contributed by atoms with van der Waals surface area (Å²) >= 11 is 0. The molecule has 0 unspecified atom stereocenters. The van der Waals surface area contributed by atoms with E-state index in [2.05, 4.69) is 0 Å². The van der Waals surface area contributed by atoms with E-state index in [-0.39, 0.29) is 17.3 Å². The second kappa shape index (κ2) is 9.49. The zero-order valence-electron chi connectivity index (χ0n) is 16.4. The van der Waals surface area contributed by atoms with Crippen molar-refractivity contribution >= 4 is 15.9 Å². The van der Waals surface area contributed by atoms with Crippen molar-refractivity contribution in [3.63, 3.8) is 0 Å². The maximum absolute atomic E-state index is 12.8. The summed E-state index contributed by atoms with van der Waals surface area (Å²) < 4.78 is 26.9. The summed E-state index contributed by atoms with van der Waals surface area (Å²) in [5.74, 6) is 0.250. The van der Waals surface area contributed by atoms with E-state index in [4.69, 9.17) is 5.41 Å². The van der Waals surface area contributed by atoms with Crippen LogP contribution in [0, 0.1) is 5.41 Å². The fraction of sp³-hybridized carbons (Fsp3) is 0.174. The van der Waals surface area contributed by atoms with E-state index >= 15 is 0 Å². The first-order chi connectivity index (χ1) is 14.0. The molecule has 3 rings (SSSR count). The van der Waals surface area contributed by atoms with Gasteiger partial charge in [0.25, 0.3) is 0 Å². The Hall–Kier alpha value is -2.96. The summed E-state index contributed by atoms with van der Waals surface area (Å²) in [6.07, 6.45) is 0. The van der Waals surface area contributed by atoms with Crippen LogP contribution in [0.2, 0.25) is 0 Å². The molecule has 0 amide bonds. The van der Waals surface area contributed by atoms with Crippen LogP contribution in [-0.4, -0.2) is 37.1 Å². The number of benzene rings is 3. The third kappa shape index (κ3) is 5.53. The van der Waals surface area contributed by atoms with Gasteiger partial charge in [-0.15, -0.1) is 0 Å². The summed E-state index contributed by atoms with van der Waals surface area (Å²) in [5, 5.41) is 8.64. The van der Waals surface area contributed by atoms with Crippen molar-refractivity contribution in [3.8, 4) is 0 Å². The van der Waals surface area contributed by atoms with Gasteiger partial charge in [-0.2, -0.15) is 4.31 Å². The van der Waals surface area contributed by atoms with E-state index in [1.807, 2.05) is 65.6 Å². The molecule has 3 aromatic rings. The summed E-state index contributed by atoms with van der Waals surface area (Å²) in [6.45, 7) is 1.07. The molecule has 0 aliphatic heterocycles. The highest BCUT2D eigenvalue weighted by Crippen LogP contribution is 2.15. The molecule has 0 aliphatic rings. The molecule has 0 radical (unpaired) electrons. The zero-order valence-corrected chi connectivity index (χ0v) is 17.2. The molecule has 1 N–H and O–H groups in total. The van der Waals surface area contributed by atoms with Crippen molar-refractivity contribution in [2.45, 2.75) is 18.0 Å². The number of nitrogens with one attached hydrogen (secondary N) is 1. The van der Waals surface area contributed by atoms with Crippen LogP contribution < -0.4 is 0 Å². The predicted molar refractivity (Wildman–Crippen MR) is 116 cm³/mol. The first-order valence-electron chi connectivity index (χ1n) is 9.38. The van der Waals surface area contributed by atoms with Gasteiger partial charge in [0.2, 0.25) is 10.0 Å². The Balaban J connectivity index is 1.78. The average molecular weight is 408 g/mol. The Kier molecular flexibility index (Phi) is 6.80. The van der Waals surface area contributed by atoms with E-state index in [0.29, 0.717) is 13.1 Å². The Morgan fingerprint density at radius 1 is 0.759 bits per heavy atom. The van der Waals surface area contributed by atoms with Crippen molar-refractivity contribution in [1.82, 2.24) is 9.21 Å². The minimum absolute atomic E-state index is 0.00308. The van der Waals surface area contributed by atoms with Gasteiger partial charge >= 0.3 is 0 Å². The number of amidine groups is 1. The lowest BCUT2D eigenvalue weighted by atomic mass is 10.1. The fourth-order valence-electron chi connectivity index (χ4n) is 3.02. The number of nitrogens with zero attached hydrogens (tertiary/aromatic N) is 2. The van der Waals surface area contributed by atoms with Crippen LogP contribution in [-0.2, 0) is 23.1 Å². The van der Waals surface area contributed by atoms with Crippen molar-refractivity contribution in [3.05, 3.63) is 102 Å². The minimum Gasteiger partial charge on any atom is -0.351 e. The predicted octanol–water partition coefficient (Wildman–Crippen LogP) is 3.99. The number of hydrogen-bond acceptors (Lipinski definition) is 3. The lowest BCUT2D eigenvalue weighted by molar-refractivity contribution is 0.383. The summed E-state index contributed by atoms with van der Waals surface area (Å²) in [5.41, 5.74) is 2.14. The maximum atomic E-state index is 12.8. The first kappa shape index (κ1) is 20.8. The van der Waals surface area contributed by atoms with E-state index in [9.17, 15) is 8.42 Å². The van der Waals surface area contributed by atoms with Gasteiger partial charge in [-0.25, -0.2) is 8.42 Å². The average Bonchev–Trinajstić information content (AvgIpc) is 2.75. The largest absolute Gasteiger partial charge is 0.351 e. The highest BCUT2D eigenvalue weighted by molar-refractivity contribution is 7.89. The summed E-state index contributed by atoms with van der Waals surface area (Å²) in [7, 11) is -2.13. The fourth-order valence-corrected chi connectivity index (χ4v) is 4.18. The number of sulfonamides is 1. The molecule has 0 fully saturated rings. The van der Waals surface area contributed by atoms with E-state index in [0.717, 1.165) is 11.1 Å². The third-order valence-corrected chi connectivity index (χ3v) is 6.46. The Morgan fingerprint density at radius 2 is 1.17 bits per heavy atom. The lowest BCUT2D eigenvalue weighted by Gasteiger charge is -2.28. The van der Waals surface area contributed by atoms with Crippen molar-refractivity contribution in [2.24, 2.45) is 0 Å². The van der Waals surface area contributed by atoms with Crippen LogP contribution in [0.25, 0.3) is 0 Å². The molecule has 3 aromatic carbocycles. The topological polar surface area (TPSA) is 64.5 Å². The SMILES string of the molecule is CN(CC(=N)N(Cc1ccccc1)Cc1ccccc1)S(=O)(=O)c1ccccc1. The van der Waals surface area contributed by atoms with Gasteiger partial charge < -0.3 is 4.90 Å². The van der Waals surface area contributed by atoms with Crippen LogP contribution in [0.15, 0.2) is 95.9 Å².